The maximum atomic E-state index is 5.30. The first-order chi connectivity index (χ1) is 8.65. The summed E-state index contributed by atoms with van der Waals surface area (Å²) in [5, 5.41) is 7.19. The van der Waals surface area contributed by atoms with Crippen molar-refractivity contribution in [2.45, 2.75) is 26.3 Å². The summed E-state index contributed by atoms with van der Waals surface area (Å²) < 4.78 is 6.28. The Kier molecular flexibility index (Phi) is 4.14. The monoisotopic (exact) mass is 309 g/mol. The Bertz CT molecular complexity index is 535. The summed E-state index contributed by atoms with van der Waals surface area (Å²) >= 11 is 3.53. The van der Waals surface area contributed by atoms with E-state index in [2.05, 4.69) is 38.3 Å². The third kappa shape index (κ3) is 2.62. The van der Waals surface area contributed by atoms with E-state index in [1.807, 2.05) is 32.2 Å². The summed E-state index contributed by atoms with van der Waals surface area (Å²) in [6, 6.07) is 6.18. The molecule has 5 heteroatoms. The molecular formula is C13H16BrN3O. The van der Waals surface area contributed by atoms with Gasteiger partial charge in [0.2, 0.25) is 11.7 Å². The van der Waals surface area contributed by atoms with Gasteiger partial charge in [-0.2, -0.15) is 4.98 Å². The molecule has 1 unspecified atom stereocenters. The number of rotatable bonds is 4. The highest BCUT2D eigenvalue weighted by atomic mass is 79.9. The zero-order chi connectivity index (χ0) is 13.1. The fourth-order valence-electron chi connectivity index (χ4n) is 1.79. The third-order valence-electron chi connectivity index (χ3n) is 2.86. The van der Waals surface area contributed by atoms with Crippen LogP contribution in [-0.2, 0) is 0 Å². The van der Waals surface area contributed by atoms with Crippen molar-refractivity contribution in [3.63, 3.8) is 0 Å². The molecule has 18 heavy (non-hydrogen) atoms. The number of hydrogen-bond donors (Lipinski definition) is 1. The van der Waals surface area contributed by atoms with Crippen molar-refractivity contribution < 1.29 is 4.52 Å². The Balaban J connectivity index is 2.34. The Labute approximate surface area is 115 Å². The number of halogens is 1. The summed E-state index contributed by atoms with van der Waals surface area (Å²) in [7, 11) is 1.89. The maximum Gasteiger partial charge on any atom is 0.244 e. The number of aryl methyl sites for hydroxylation is 1. The van der Waals surface area contributed by atoms with Crippen LogP contribution in [0.4, 0.5) is 0 Å². The van der Waals surface area contributed by atoms with Gasteiger partial charge in [0.1, 0.15) is 0 Å². The summed E-state index contributed by atoms with van der Waals surface area (Å²) in [4.78, 5) is 4.44. The molecule has 0 fully saturated rings. The number of hydrogen-bond acceptors (Lipinski definition) is 4. The predicted octanol–water partition coefficient (Wildman–Crippen LogP) is 3.48. The fourth-order valence-corrected chi connectivity index (χ4v) is 2.46. The average Bonchev–Trinajstić information content (AvgIpc) is 2.80. The van der Waals surface area contributed by atoms with Crippen LogP contribution < -0.4 is 5.32 Å². The Morgan fingerprint density at radius 2 is 2.22 bits per heavy atom. The van der Waals surface area contributed by atoms with Crippen LogP contribution in [0.15, 0.2) is 27.2 Å². The lowest BCUT2D eigenvalue weighted by molar-refractivity contribution is 0.334. The SMILES string of the molecule is CCC(NC)c1nc(-c2ccc(C)cc2Br)no1. The lowest BCUT2D eigenvalue weighted by Gasteiger charge is -2.06. The minimum Gasteiger partial charge on any atom is -0.337 e. The van der Waals surface area contributed by atoms with E-state index in [1.165, 1.54) is 5.56 Å². The first-order valence-corrected chi connectivity index (χ1v) is 6.72. The van der Waals surface area contributed by atoms with Crippen molar-refractivity contribution in [1.82, 2.24) is 15.5 Å². The Morgan fingerprint density at radius 1 is 1.44 bits per heavy atom. The van der Waals surface area contributed by atoms with E-state index in [-0.39, 0.29) is 6.04 Å². The third-order valence-corrected chi connectivity index (χ3v) is 3.52. The molecule has 0 saturated heterocycles. The Hall–Kier alpha value is -1.20. The zero-order valence-electron chi connectivity index (χ0n) is 10.7. The van der Waals surface area contributed by atoms with Crippen LogP contribution in [0.1, 0.15) is 30.8 Å². The van der Waals surface area contributed by atoms with Crippen molar-refractivity contribution >= 4 is 15.9 Å². The number of benzene rings is 1. The molecule has 0 bridgehead atoms. The van der Waals surface area contributed by atoms with E-state index in [0.29, 0.717) is 11.7 Å². The highest BCUT2D eigenvalue weighted by Gasteiger charge is 2.17. The van der Waals surface area contributed by atoms with Gasteiger partial charge in [-0.15, -0.1) is 0 Å². The molecule has 0 amide bonds. The molecule has 1 heterocycles. The molecule has 2 aromatic rings. The number of nitrogens with one attached hydrogen (secondary N) is 1. The fraction of sp³-hybridized carbons (Fsp3) is 0.385. The second-order valence-electron chi connectivity index (χ2n) is 4.19. The first-order valence-electron chi connectivity index (χ1n) is 5.93. The van der Waals surface area contributed by atoms with Crippen molar-refractivity contribution in [3.8, 4) is 11.4 Å². The molecule has 1 atom stereocenters. The van der Waals surface area contributed by atoms with E-state index in [1.54, 1.807) is 0 Å². The van der Waals surface area contributed by atoms with Gasteiger partial charge in [0.05, 0.1) is 6.04 Å². The number of aromatic nitrogens is 2. The Morgan fingerprint density at radius 3 is 2.83 bits per heavy atom. The quantitative estimate of drug-likeness (QED) is 0.939. The van der Waals surface area contributed by atoms with Gasteiger partial charge in [0.25, 0.3) is 0 Å². The summed E-state index contributed by atoms with van der Waals surface area (Å²) in [6.45, 7) is 4.12. The standard InChI is InChI=1S/C13H16BrN3O/c1-4-11(15-3)13-16-12(17-18-13)9-6-5-8(2)7-10(9)14/h5-7,11,15H,4H2,1-3H3. The summed E-state index contributed by atoms with van der Waals surface area (Å²) in [5.74, 6) is 1.24. The lowest BCUT2D eigenvalue weighted by atomic mass is 10.1. The van der Waals surface area contributed by atoms with Crippen LogP contribution in [0.25, 0.3) is 11.4 Å². The zero-order valence-corrected chi connectivity index (χ0v) is 12.3. The van der Waals surface area contributed by atoms with Crippen molar-refractivity contribution in [3.05, 3.63) is 34.1 Å². The van der Waals surface area contributed by atoms with E-state index in [0.717, 1.165) is 16.5 Å². The molecule has 1 N–H and O–H groups in total. The van der Waals surface area contributed by atoms with Gasteiger partial charge in [-0.3, -0.25) is 0 Å². The van der Waals surface area contributed by atoms with E-state index < -0.39 is 0 Å². The summed E-state index contributed by atoms with van der Waals surface area (Å²) in [6.07, 6.45) is 0.910. The van der Waals surface area contributed by atoms with Gasteiger partial charge in [0.15, 0.2) is 0 Å². The van der Waals surface area contributed by atoms with Crippen LogP contribution in [0.2, 0.25) is 0 Å². The normalized spacial score (nSPS) is 12.7. The maximum absolute atomic E-state index is 5.30. The highest BCUT2D eigenvalue weighted by Crippen LogP contribution is 2.28. The molecule has 0 aliphatic carbocycles. The molecule has 1 aromatic carbocycles. The molecule has 0 aliphatic rings. The molecule has 2 rings (SSSR count). The second-order valence-corrected chi connectivity index (χ2v) is 5.04. The van der Waals surface area contributed by atoms with Crippen LogP contribution in [-0.4, -0.2) is 17.2 Å². The molecule has 96 valence electrons. The van der Waals surface area contributed by atoms with Gasteiger partial charge in [-0.1, -0.05) is 34.1 Å². The molecule has 0 spiro atoms. The van der Waals surface area contributed by atoms with E-state index in [4.69, 9.17) is 4.52 Å². The van der Waals surface area contributed by atoms with Crippen LogP contribution in [0.5, 0.6) is 0 Å². The van der Waals surface area contributed by atoms with Crippen molar-refractivity contribution in [1.29, 1.82) is 0 Å². The second kappa shape index (κ2) is 5.63. The highest BCUT2D eigenvalue weighted by molar-refractivity contribution is 9.10. The predicted molar refractivity (Wildman–Crippen MR) is 74.3 cm³/mol. The molecule has 0 saturated carbocycles. The number of nitrogens with zero attached hydrogens (tertiary/aromatic N) is 2. The average molecular weight is 310 g/mol. The lowest BCUT2D eigenvalue weighted by Crippen LogP contribution is -2.15. The van der Waals surface area contributed by atoms with Gasteiger partial charge in [0, 0.05) is 10.0 Å². The van der Waals surface area contributed by atoms with Crippen molar-refractivity contribution in [2.75, 3.05) is 7.05 Å². The summed E-state index contributed by atoms with van der Waals surface area (Å²) in [5.41, 5.74) is 2.14. The van der Waals surface area contributed by atoms with Gasteiger partial charge < -0.3 is 9.84 Å². The molecule has 1 aromatic heterocycles. The van der Waals surface area contributed by atoms with E-state index in [9.17, 15) is 0 Å². The van der Waals surface area contributed by atoms with Crippen molar-refractivity contribution in [2.24, 2.45) is 0 Å². The topological polar surface area (TPSA) is 51.0 Å². The van der Waals surface area contributed by atoms with Gasteiger partial charge in [-0.25, -0.2) is 0 Å². The smallest absolute Gasteiger partial charge is 0.244 e. The molecule has 0 radical (unpaired) electrons. The van der Waals surface area contributed by atoms with E-state index >= 15 is 0 Å². The molecule has 0 aliphatic heterocycles. The molecule has 4 nitrogen and oxygen atoms in total. The largest absolute Gasteiger partial charge is 0.337 e. The van der Waals surface area contributed by atoms with Gasteiger partial charge in [-0.05, 0) is 38.1 Å². The van der Waals surface area contributed by atoms with Gasteiger partial charge >= 0.3 is 0 Å². The van der Waals surface area contributed by atoms with Crippen LogP contribution >= 0.6 is 15.9 Å². The minimum atomic E-state index is 0.107. The first kappa shape index (κ1) is 13.2. The molecular weight excluding hydrogens is 294 g/mol. The van der Waals surface area contributed by atoms with Crippen LogP contribution in [0.3, 0.4) is 0 Å². The van der Waals surface area contributed by atoms with Crippen LogP contribution in [0, 0.1) is 6.92 Å². The minimum absolute atomic E-state index is 0.107.